The predicted molar refractivity (Wildman–Crippen MR) is 64.8 cm³/mol. The Morgan fingerprint density at radius 3 is 2.93 bits per heavy atom. The number of alkyl halides is 1. The van der Waals surface area contributed by atoms with Gasteiger partial charge in [0.1, 0.15) is 0 Å². The lowest BCUT2D eigenvalue weighted by Gasteiger charge is -2.12. The highest BCUT2D eigenvalue weighted by Gasteiger charge is 2.10. The van der Waals surface area contributed by atoms with Crippen LogP contribution >= 0.6 is 23.4 Å². The molecule has 0 radical (unpaired) electrons. The van der Waals surface area contributed by atoms with Crippen molar-refractivity contribution >= 4 is 29.4 Å². The molecule has 1 N–H and O–H groups in total. The Morgan fingerprint density at radius 2 is 2.33 bits per heavy atom. The first kappa shape index (κ1) is 12.6. The summed E-state index contributed by atoms with van der Waals surface area (Å²) >= 11 is 7.37. The summed E-state index contributed by atoms with van der Waals surface area (Å²) in [6.45, 7) is 2.13. The van der Waals surface area contributed by atoms with Gasteiger partial charge in [0.25, 0.3) is 0 Å². The molecule has 1 aromatic heterocycles. The topological polar surface area (TPSA) is 51.0 Å². The van der Waals surface area contributed by atoms with Crippen LogP contribution in [-0.4, -0.2) is 34.1 Å². The molecular weight excluding hydrogens is 234 g/mol. The predicted octanol–water partition coefficient (Wildman–Crippen LogP) is 2.40. The molecule has 0 spiro atoms. The molecule has 1 unspecified atom stereocenters. The maximum absolute atomic E-state index is 5.58. The van der Waals surface area contributed by atoms with Crippen LogP contribution in [0.3, 0.4) is 0 Å². The molecule has 0 aliphatic heterocycles. The van der Waals surface area contributed by atoms with Gasteiger partial charge in [0, 0.05) is 24.1 Å². The number of rotatable bonds is 7. The van der Waals surface area contributed by atoms with Crippen LogP contribution in [0.5, 0.6) is 0 Å². The smallest absolute Gasteiger partial charge is 0.315 e. The molecule has 0 bridgehead atoms. The third-order valence-electron chi connectivity index (χ3n) is 1.96. The monoisotopic (exact) mass is 249 g/mol. The van der Waals surface area contributed by atoms with E-state index in [1.807, 2.05) is 0 Å². The standard InChI is InChI=1S/C9H16ClN3OS/c1-3-7(6-15-2)11-9-13-12-8(14-9)4-5-10/h7H,3-6H2,1-2H3,(H,11,13). The Bertz CT molecular complexity index is 282. The van der Waals surface area contributed by atoms with Crippen LogP contribution in [0.2, 0.25) is 0 Å². The fourth-order valence-corrected chi connectivity index (χ4v) is 2.01. The molecule has 0 saturated carbocycles. The van der Waals surface area contributed by atoms with E-state index in [1.54, 1.807) is 11.8 Å². The first-order valence-corrected chi connectivity index (χ1v) is 6.86. The summed E-state index contributed by atoms with van der Waals surface area (Å²) in [5.74, 6) is 2.12. The second-order valence-electron chi connectivity index (χ2n) is 3.14. The number of nitrogens with one attached hydrogen (secondary N) is 1. The molecule has 0 aliphatic rings. The van der Waals surface area contributed by atoms with Crippen molar-refractivity contribution in [3.05, 3.63) is 5.89 Å². The second-order valence-corrected chi connectivity index (χ2v) is 4.43. The van der Waals surface area contributed by atoms with Crippen LogP contribution in [0, 0.1) is 0 Å². The molecule has 0 saturated heterocycles. The Kier molecular flexibility index (Phi) is 5.86. The number of hydrogen-bond donors (Lipinski definition) is 1. The zero-order chi connectivity index (χ0) is 11.1. The van der Waals surface area contributed by atoms with Gasteiger partial charge < -0.3 is 9.73 Å². The lowest BCUT2D eigenvalue weighted by Crippen LogP contribution is -2.21. The van der Waals surface area contributed by atoms with Crippen molar-refractivity contribution in [2.24, 2.45) is 0 Å². The number of nitrogens with zero attached hydrogens (tertiary/aromatic N) is 2. The summed E-state index contributed by atoms with van der Waals surface area (Å²) in [5, 5.41) is 11.0. The van der Waals surface area contributed by atoms with Gasteiger partial charge in [-0.2, -0.15) is 11.8 Å². The highest BCUT2D eigenvalue weighted by atomic mass is 35.5. The zero-order valence-electron chi connectivity index (χ0n) is 8.99. The third kappa shape index (κ3) is 4.30. The van der Waals surface area contributed by atoms with Crippen molar-refractivity contribution in [3.63, 3.8) is 0 Å². The Morgan fingerprint density at radius 1 is 1.53 bits per heavy atom. The summed E-state index contributed by atoms with van der Waals surface area (Å²) in [7, 11) is 0. The molecule has 0 amide bonds. The third-order valence-corrected chi connectivity index (χ3v) is 2.89. The van der Waals surface area contributed by atoms with Crippen molar-refractivity contribution in [3.8, 4) is 0 Å². The van der Waals surface area contributed by atoms with Gasteiger partial charge in [-0.15, -0.1) is 16.7 Å². The van der Waals surface area contributed by atoms with Crippen LogP contribution in [0.15, 0.2) is 4.42 Å². The number of halogens is 1. The second kappa shape index (κ2) is 6.95. The molecular formula is C9H16ClN3OS. The van der Waals surface area contributed by atoms with E-state index in [-0.39, 0.29) is 0 Å². The minimum atomic E-state index is 0.379. The van der Waals surface area contributed by atoms with Crippen LogP contribution in [-0.2, 0) is 6.42 Å². The Hall–Kier alpha value is -0.420. The van der Waals surface area contributed by atoms with Crippen molar-refractivity contribution in [1.29, 1.82) is 0 Å². The number of anilines is 1. The zero-order valence-corrected chi connectivity index (χ0v) is 10.6. The first-order chi connectivity index (χ1) is 7.30. The van der Waals surface area contributed by atoms with Crippen molar-refractivity contribution in [2.75, 3.05) is 23.2 Å². The van der Waals surface area contributed by atoms with Crippen LogP contribution in [0.4, 0.5) is 6.01 Å². The van der Waals surface area contributed by atoms with Crippen LogP contribution in [0.1, 0.15) is 19.2 Å². The average Bonchev–Trinajstić information content (AvgIpc) is 2.66. The van der Waals surface area contributed by atoms with E-state index in [0.717, 1.165) is 12.2 Å². The number of aryl methyl sites for hydroxylation is 1. The lowest BCUT2D eigenvalue weighted by molar-refractivity contribution is 0.506. The molecule has 1 rings (SSSR count). The largest absolute Gasteiger partial charge is 0.408 e. The Labute approximate surface area is 99.2 Å². The minimum Gasteiger partial charge on any atom is -0.408 e. The molecule has 4 nitrogen and oxygen atoms in total. The molecule has 0 fully saturated rings. The average molecular weight is 250 g/mol. The van der Waals surface area contributed by atoms with Gasteiger partial charge in [-0.1, -0.05) is 12.0 Å². The number of hydrogen-bond acceptors (Lipinski definition) is 5. The lowest BCUT2D eigenvalue weighted by atomic mass is 10.3. The van der Waals surface area contributed by atoms with E-state index in [2.05, 4.69) is 28.7 Å². The fraction of sp³-hybridized carbons (Fsp3) is 0.778. The molecule has 0 aliphatic carbocycles. The van der Waals surface area contributed by atoms with Gasteiger partial charge in [0.05, 0.1) is 0 Å². The molecule has 6 heteroatoms. The molecule has 1 atom stereocenters. The van der Waals surface area contributed by atoms with E-state index in [1.165, 1.54) is 0 Å². The van der Waals surface area contributed by atoms with Gasteiger partial charge in [0.2, 0.25) is 5.89 Å². The van der Waals surface area contributed by atoms with Gasteiger partial charge in [-0.3, -0.25) is 0 Å². The molecule has 0 aromatic carbocycles. The SMILES string of the molecule is CCC(CSC)Nc1nnc(CCCl)o1. The molecule has 1 heterocycles. The van der Waals surface area contributed by atoms with E-state index in [9.17, 15) is 0 Å². The van der Waals surface area contributed by atoms with Crippen molar-refractivity contribution < 1.29 is 4.42 Å². The molecule has 15 heavy (non-hydrogen) atoms. The summed E-state index contributed by atoms with van der Waals surface area (Å²) in [4.78, 5) is 0. The van der Waals surface area contributed by atoms with E-state index < -0.39 is 0 Å². The summed E-state index contributed by atoms with van der Waals surface area (Å²) < 4.78 is 5.38. The maximum Gasteiger partial charge on any atom is 0.315 e. The van der Waals surface area contributed by atoms with E-state index >= 15 is 0 Å². The normalized spacial score (nSPS) is 12.7. The van der Waals surface area contributed by atoms with Gasteiger partial charge in [0.15, 0.2) is 0 Å². The van der Waals surface area contributed by atoms with E-state index in [4.69, 9.17) is 16.0 Å². The number of thioether (sulfide) groups is 1. The fourth-order valence-electron chi connectivity index (χ4n) is 1.13. The van der Waals surface area contributed by atoms with Crippen LogP contribution < -0.4 is 5.32 Å². The highest BCUT2D eigenvalue weighted by Crippen LogP contribution is 2.11. The number of aromatic nitrogens is 2. The van der Waals surface area contributed by atoms with Crippen LogP contribution in [0.25, 0.3) is 0 Å². The summed E-state index contributed by atoms with van der Waals surface area (Å²) in [6.07, 6.45) is 3.74. The van der Waals surface area contributed by atoms with Crippen molar-refractivity contribution in [2.45, 2.75) is 25.8 Å². The van der Waals surface area contributed by atoms with E-state index in [0.29, 0.717) is 30.2 Å². The Balaban J connectivity index is 2.47. The van der Waals surface area contributed by atoms with Gasteiger partial charge in [-0.25, -0.2) is 0 Å². The van der Waals surface area contributed by atoms with Crippen molar-refractivity contribution in [1.82, 2.24) is 10.2 Å². The van der Waals surface area contributed by atoms with Gasteiger partial charge >= 0.3 is 6.01 Å². The maximum atomic E-state index is 5.58. The summed E-state index contributed by atoms with van der Waals surface area (Å²) in [6, 6.07) is 0.875. The quantitative estimate of drug-likeness (QED) is 0.752. The minimum absolute atomic E-state index is 0.379. The molecule has 86 valence electrons. The first-order valence-electron chi connectivity index (χ1n) is 4.94. The summed E-state index contributed by atoms with van der Waals surface area (Å²) in [5.41, 5.74) is 0. The highest BCUT2D eigenvalue weighted by molar-refractivity contribution is 7.98. The molecule has 1 aromatic rings. The van der Waals surface area contributed by atoms with Gasteiger partial charge in [-0.05, 0) is 12.7 Å².